The van der Waals surface area contributed by atoms with Crippen molar-refractivity contribution in [1.29, 1.82) is 0 Å². The van der Waals surface area contributed by atoms with Gasteiger partial charge in [0.2, 0.25) is 5.91 Å². The standard InChI is InChI=1S/C17H22F2N2O.ClH/c18-12-3-4-16(19)14(8-12)13-9-15(13)17(22)21-7-5-11-2-1-6-20-10-11;/h3-4,8,11,13,15,20H,1-2,5-7,9-10H2,(H,21,22);1H. The molecule has 128 valence electrons. The van der Waals surface area contributed by atoms with Gasteiger partial charge in [0.1, 0.15) is 11.6 Å². The number of benzene rings is 1. The Morgan fingerprint density at radius 2 is 2.17 bits per heavy atom. The predicted molar refractivity (Wildman–Crippen MR) is 87.7 cm³/mol. The molecule has 1 amide bonds. The molecule has 1 saturated carbocycles. The number of rotatable bonds is 5. The van der Waals surface area contributed by atoms with Gasteiger partial charge in [-0.05, 0) is 74.4 Å². The van der Waals surface area contributed by atoms with E-state index in [1.54, 1.807) is 0 Å². The first-order valence-corrected chi connectivity index (χ1v) is 8.08. The molecule has 3 rings (SSSR count). The van der Waals surface area contributed by atoms with E-state index >= 15 is 0 Å². The molecule has 3 atom stereocenters. The van der Waals surface area contributed by atoms with Crippen molar-refractivity contribution in [3.63, 3.8) is 0 Å². The van der Waals surface area contributed by atoms with Crippen LogP contribution in [0.5, 0.6) is 0 Å². The van der Waals surface area contributed by atoms with Gasteiger partial charge in [-0.3, -0.25) is 4.79 Å². The molecule has 23 heavy (non-hydrogen) atoms. The second-order valence-corrected chi connectivity index (χ2v) is 6.41. The third-order valence-corrected chi connectivity index (χ3v) is 4.74. The number of halogens is 3. The van der Waals surface area contributed by atoms with Gasteiger partial charge in [-0.1, -0.05) is 0 Å². The summed E-state index contributed by atoms with van der Waals surface area (Å²) >= 11 is 0. The van der Waals surface area contributed by atoms with Crippen molar-refractivity contribution < 1.29 is 13.6 Å². The molecule has 1 aromatic carbocycles. The normalized spacial score (nSPS) is 26.3. The van der Waals surface area contributed by atoms with E-state index in [2.05, 4.69) is 10.6 Å². The van der Waals surface area contributed by atoms with E-state index in [9.17, 15) is 13.6 Å². The van der Waals surface area contributed by atoms with Crippen LogP contribution < -0.4 is 10.6 Å². The van der Waals surface area contributed by atoms with Crippen LogP contribution >= 0.6 is 12.4 Å². The van der Waals surface area contributed by atoms with Crippen LogP contribution in [0.25, 0.3) is 0 Å². The number of carbonyl (C=O) groups is 1. The Morgan fingerprint density at radius 3 is 2.91 bits per heavy atom. The molecule has 3 unspecified atom stereocenters. The van der Waals surface area contributed by atoms with Crippen LogP contribution in [0.1, 0.15) is 37.2 Å². The zero-order valence-electron chi connectivity index (χ0n) is 13.0. The zero-order valence-corrected chi connectivity index (χ0v) is 13.8. The smallest absolute Gasteiger partial charge is 0.223 e. The lowest BCUT2D eigenvalue weighted by Gasteiger charge is -2.22. The van der Waals surface area contributed by atoms with Crippen LogP contribution in [-0.4, -0.2) is 25.5 Å². The Balaban J connectivity index is 0.00000192. The van der Waals surface area contributed by atoms with Crippen LogP contribution in [0.15, 0.2) is 18.2 Å². The number of carbonyl (C=O) groups excluding carboxylic acids is 1. The van der Waals surface area contributed by atoms with Crippen LogP contribution in [0, 0.1) is 23.5 Å². The highest BCUT2D eigenvalue weighted by Crippen LogP contribution is 2.48. The second-order valence-electron chi connectivity index (χ2n) is 6.41. The van der Waals surface area contributed by atoms with E-state index in [0.717, 1.165) is 31.6 Å². The molecule has 2 fully saturated rings. The van der Waals surface area contributed by atoms with Crippen LogP contribution in [0.3, 0.4) is 0 Å². The Kier molecular flexibility index (Phi) is 6.36. The molecule has 1 aromatic rings. The van der Waals surface area contributed by atoms with Crippen molar-refractivity contribution in [2.24, 2.45) is 11.8 Å². The molecule has 3 nitrogen and oxygen atoms in total. The van der Waals surface area contributed by atoms with Gasteiger partial charge in [0.25, 0.3) is 0 Å². The Bertz CT molecular complexity index is 549. The lowest BCUT2D eigenvalue weighted by Crippen LogP contribution is -2.33. The molecule has 0 bridgehead atoms. The van der Waals surface area contributed by atoms with Crippen molar-refractivity contribution in [3.8, 4) is 0 Å². The highest BCUT2D eigenvalue weighted by atomic mass is 35.5. The topological polar surface area (TPSA) is 41.1 Å². The Labute approximate surface area is 141 Å². The third kappa shape index (κ3) is 4.64. The fraction of sp³-hybridized carbons (Fsp3) is 0.588. The minimum Gasteiger partial charge on any atom is -0.356 e. The molecule has 1 heterocycles. The first-order chi connectivity index (χ1) is 10.6. The predicted octanol–water partition coefficient (Wildman–Crippen LogP) is 3.00. The lowest BCUT2D eigenvalue weighted by atomic mass is 9.96. The average molecular weight is 345 g/mol. The minimum atomic E-state index is -0.452. The Morgan fingerprint density at radius 1 is 1.35 bits per heavy atom. The molecular formula is C17H23ClF2N2O. The molecule has 0 spiro atoms. The monoisotopic (exact) mass is 344 g/mol. The number of hydrogen-bond donors (Lipinski definition) is 2. The number of hydrogen-bond acceptors (Lipinski definition) is 2. The molecule has 2 aliphatic rings. The summed E-state index contributed by atoms with van der Waals surface area (Å²) in [4.78, 5) is 12.1. The molecule has 0 aromatic heterocycles. The molecule has 1 aliphatic heterocycles. The number of piperidine rings is 1. The highest BCUT2D eigenvalue weighted by molar-refractivity contribution is 5.85. The van der Waals surface area contributed by atoms with Gasteiger partial charge in [-0.2, -0.15) is 0 Å². The highest BCUT2D eigenvalue weighted by Gasteiger charge is 2.45. The summed E-state index contributed by atoms with van der Waals surface area (Å²) in [6.07, 6.45) is 3.99. The number of amides is 1. The van der Waals surface area contributed by atoms with Gasteiger partial charge in [0.05, 0.1) is 0 Å². The second kappa shape index (κ2) is 8.06. The molecule has 0 radical (unpaired) electrons. The summed E-state index contributed by atoms with van der Waals surface area (Å²) in [5.74, 6) is -0.655. The van der Waals surface area contributed by atoms with Crippen molar-refractivity contribution in [1.82, 2.24) is 10.6 Å². The Hall–Kier alpha value is -1.20. The lowest BCUT2D eigenvalue weighted by molar-refractivity contribution is -0.122. The fourth-order valence-electron chi connectivity index (χ4n) is 3.33. The molecule has 1 aliphatic carbocycles. The summed E-state index contributed by atoms with van der Waals surface area (Å²) < 4.78 is 26.9. The van der Waals surface area contributed by atoms with Crippen LogP contribution in [-0.2, 0) is 4.79 Å². The first kappa shape index (κ1) is 18.1. The summed E-state index contributed by atoms with van der Waals surface area (Å²) in [7, 11) is 0. The van der Waals surface area contributed by atoms with E-state index in [1.807, 2.05) is 0 Å². The van der Waals surface area contributed by atoms with Crippen molar-refractivity contribution in [2.75, 3.05) is 19.6 Å². The average Bonchev–Trinajstić information content (AvgIpc) is 3.31. The van der Waals surface area contributed by atoms with Gasteiger partial charge >= 0.3 is 0 Å². The molecule has 6 heteroatoms. The van der Waals surface area contributed by atoms with Gasteiger partial charge < -0.3 is 10.6 Å². The molecule has 2 N–H and O–H groups in total. The van der Waals surface area contributed by atoms with Crippen molar-refractivity contribution in [2.45, 2.75) is 31.6 Å². The van der Waals surface area contributed by atoms with E-state index in [0.29, 0.717) is 24.4 Å². The van der Waals surface area contributed by atoms with Crippen molar-refractivity contribution >= 4 is 18.3 Å². The fourth-order valence-corrected chi connectivity index (χ4v) is 3.33. The zero-order chi connectivity index (χ0) is 15.5. The maximum atomic E-state index is 13.7. The summed E-state index contributed by atoms with van der Waals surface area (Å²) in [6, 6.07) is 3.45. The third-order valence-electron chi connectivity index (χ3n) is 4.74. The largest absolute Gasteiger partial charge is 0.356 e. The molecular weight excluding hydrogens is 322 g/mol. The maximum Gasteiger partial charge on any atom is 0.223 e. The van der Waals surface area contributed by atoms with E-state index in [1.165, 1.54) is 18.9 Å². The van der Waals surface area contributed by atoms with Crippen LogP contribution in [0.2, 0.25) is 0 Å². The van der Waals surface area contributed by atoms with Gasteiger partial charge in [-0.15, -0.1) is 12.4 Å². The number of nitrogens with one attached hydrogen (secondary N) is 2. The quantitative estimate of drug-likeness (QED) is 0.862. The SMILES string of the molecule is Cl.O=C(NCCC1CCCNC1)C1CC1c1cc(F)ccc1F. The van der Waals surface area contributed by atoms with E-state index in [-0.39, 0.29) is 30.2 Å². The first-order valence-electron chi connectivity index (χ1n) is 8.08. The van der Waals surface area contributed by atoms with Gasteiger partial charge in [0, 0.05) is 12.5 Å². The van der Waals surface area contributed by atoms with Crippen molar-refractivity contribution in [3.05, 3.63) is 35.4 Å². The van der Waals surface area contributed by atoms with E-state index < -0.39 is 11.6 Å². The van der Waals surface area contributed by atoms with E-state index in [4.69, 9.17) is 0 Å². The maximum absolute atomic E-state index is 13.7. The molecule has 1 saturated heterocycles. The summed E-state index contributed by atoms with van der Waals surface area (Å²) in [6.45, 7) is 2.78. The van der Waals surface area contributed by atoms with Gasteiger partial charge in [0.15, 0.2) is 0 Å². The van der Waals surface area contributed by atoms with Gasteiger partial charge in [-0.25, -0.2) is 8.78 Å². The summed E-state index contributed by atoms with van der Waals surface area (Å²) in [5, 5.41) is 6.30. The minimum absolute atomic E-state index is 0. The van der Waals surface area contributed by atoms with Crippen LogP contribution in [0.4, 0.5) is 8.78 Å². The summed E-state index contributed by atoms with van der Waals surface area (Å²) in [5.41, 5.74) is 0.330.